The highest BCUT2D eigenvalue weighted by atomic mass is 16.2. The van der Waals surface area contributed by atoms with E-state index in [1.165, 1.54) is 0 Å². The third kappa shape index (κ3) is 3.58. The Bertz CT molecular complexity index is 405. The van der Waals surface area contributed by atoms with Crippen LogP contribution in [0.3, 0.4) is 0 Å². The van der Waals surface area contributed by atoms with Gasteiger partial charge >= 0.3 is 11.8 Å². The third-order valence-corrected chi connectivity index (χ3v) is 2.57. The summed E-state index contributed by atoms with van der Waals surface area (Å²) >= 11 is 0. The highest BCUT2D eigenvalue weighted by Gasteiger charge is 2.26. The zero-order chi connectivity index (χ0) is 13.7. The van der Waals surface area contributed by atoms with Crippen LogP contribution in [0.25, 0.3) is 0 Å². The van der Waals surface area contributed by atoms with E-state index in [1.807, 2.05) is 45.9 Å². The van der Waals surface area contributed by atoms with Gasteiger partial charge in [-0.05, 0) is 39.8 Å². The van der Waals surface area contributed by atoms with E-state index in [9.17, 15) is 9.59 Å². The Morgan fingerprint density at radius 1 is 1.00 bits per heavy atom. The first-order valence-electron chi connectivity index (χ1n) is 6.12. The van der Waals surface area contributed by atoms with E-state index in [0.29, 0.717) is 5.69 Å². The molecular formula is C14H20N2O2. The van der Waals surface area contributed by atoms with Gasteiger partial charge in [-0.3, -0.25) is 9.59 Å². The van der Waals surface area contributed by atoms with Crippen molar-refractivity contribution in [1.82, 2.24) is 4.90 Å². The molecule has 0 aliphatic heterocycles. The number of para-hydroxylation sites is 1. The molecule has 2 amide bonds. The fourth-order valence-corrected chi connectivity index (χ4v) is 1.89. The van der Waals surface area contributed by atoms with Crippen LogP contribution in [-0.4, -0.2) is 28.8 Å². The van der Waals surface area contributed by atoms with E-state index in [4.69, 9.17) is 0 Å². The van der Waals surface area contributed by atoms with Crippen LogP contribution in [0.1, 0.15) is 27.7 Å². The van der Waals surface area contributed by atoms with Gasteiger partial charge in [-0.1, -0.05) is 18.2 Å². The molecule has 1 rings (SSSR count). The Hall–Kier alpha value is -1.84. The second kappa shape index (κ2) is 6.19. The summed E-state index contributed by atoms with van der Waals surface area (Å²) < 4.78 is 0. The Morgan fingerprint density at radius 3 is 1.94 bits per heavy atom. The van der Waals surface area contributed by atoms with Crippen molar-refractivity contribution in [3.05, 3.63) is 30.3 Å². The van der Waals surface area contributed by atoms with Gasteiger partial charge < -0.3 is 10.2 Å². The summed E-state index contributed by atoms with van der Waals surface area (Å²) in [5.41, 5.74) is 0.628. The van der Waals surface area contributed by atoms with Gasteiger partial charge in [0.1, 0.15) is 0 Å². The Labute approximate surface area is 108 Å². The molecule has 0 aromatic heterocycles. The van der Waals surface area contributed by atoms with Gasteiger partial charge in [0.15, 0.2) is 0 Å². The number of nitrogens with zero attached hydrogens (tertiary/aromatic N) is 1. The number of hydrogen-bond acceptors (Lipinski definition) is 2. The minimum absolute atomic E-state index is 0.000904. The van der Waals surface area contributed by atoms with Crippen molar-refractivity contribution in [2.45, 2.75) is 39.8 Å². The molecule has 1 aromatic rings. The first kappa shape index (κ1) is 14.2. The van der Waals surface area contributed by atoms with Crippen LogP contribution >= 0.6 is 0 Å². The standard InChI is InChI=1S/C14H20N2O2/c1-10(2)16(11(3)4)14(18)13(17)15-12-8-6-5-7-9-12/h5-11H,1-4H3,(H,15,17). The van der Waals surface area contributed by atoms with Gasteiger partial charge in [0.05, 0.1) is 0 Å². The second-order valence-corrected chi connectivity index (χ2v) is 4.72. The lowest BCUT2D eigenvalue weighted by Crippen LogP contribution is -2.47. The van der Waals surface area contributed by atoms with E-state index in [2.05, 4.69) is 5.32 Å². The van der Waals surface area contributed by atoms with E-state index in [-0.39, 0.29) is 12.1 Å². The Kier molecular flexibility index (Phi) is 4.89. The summed E-state index contributed by atoms with van der Waals surface area (Å²) in [6, 6.07) is 8.97. The highest BCUT2D eigenvalue weighted by molar-refractivity contribution is 6.39. The van der Waals surface area contributed by atoms with Crippen LogP contribution in [0.4, 0.5) is 5.69 Å². The molecule has 4 nitrogen and oxygen atoms in total. The molecule has 0 aliphatic carbocycles. The maximum atomic E-state index is 12.0. The molecule has 0 saturated carbocycles. The molecule has 0 fully saturated rings. The van der Waals surface area contributed by atoms with Gasteiger partial charge in [0, 0.05) is 17.8 Å². The molecule has 18 heavy (non-hydrogen) atoms. The molecule has 0 spiro atoms. The summed E-state index contributed by atoms with van der Waals surface area (Å²) in [4.78, 5) is 25.5. The van der Waals surface area contributed by atoms with Crippen molar-refractivity contribution in [2.75, 3.05) is 5.32 Å². The van der Waals surface area contributed by atoms with Crippen molar-refractivity contribution in [1.29, 1.82) is 0 Å². The van der Waals surface area contributed by atoms with Gasteiger partial charge in [-0.2, -0.15) is 0 Å². The largest absolute Gasteiger partial charge is 0.330 e. The normalized spacial score (nSPS) is 10.6. The van der Waals surface area contributed by atoms with E-state index in [0.717, 1.165) is 0 Å². The third-order valence-electron chi connectivity index (χ3n) is 2.57. The molecule has 0 radical (unpaired) electrons. The molecule has 4 heteroatoms. The molecule has 0 saturated heterocycles. The molecule has 0 bridgehead atoms. The molecular weight excluding hydrogens is 228 g/mol. The van der Waals surface area contributed by atoms with Gasteiger partial charge in [-0.15, -0.1) is 0 Å². The number of hydrogen-bond donors (Lipinski definition) is 1. The number of anilines is 1. The summed E-state index contributed by atoms with van der Waals surface area (Å²) in [6.45, 7) is 7.59. The fourth-order valence-electron chi connectivity index (χ4n) is 1.89. The maximum Gasteiger partial charge on any atom is 0.313 e. The summed E-state index contributed by atoms with van der Waals surface area (Å²) in [5, 5.41) is 2.60. The molecule has 1 N–H and O–H groups in total. The summed E-state index contributed by atoms with van der Waals surface area (Å²) in [7, 11) is 0. The van der Waals surface area contributed by atoms with Crippen LogP contribution < -0.4 is 5.32 Å². The summed E-state index contributed by atoms with van der Waals surface area (Å²) in [6.07, 6.45) is 0. The first-order valence-corrected chi connectivity index (χ1v) is 6.12. The minimum Gasteiger partial charge on any atom is -0.330 e. The van der Waals surface area contributed by atoms with Crippen LogP contribution in [-0.2, 0) is 9.59 Å². The van der Waals surface area contributed by atoms with E-state index >= 15 is 0 Å². The number of benzene rings is 1. The lowest BCUT2D eigenvalue weighted by molar-refractivity contribution is -0.145. The molecule has 0 heterocycles. The average molecular weight is 248 g/mol. The topological polar surface area (TPSA) is 49.4 Å². The van der Waals surface area contributed by atoms with Crippen molar-refractivity contribution in [3.8, 4) is 0 Å². The molecule has 0 atom stereocenters. The Balaban J connectivity index is 2.75. The number of carbonyl (C=O) groups excluding carboxylic acids is 2. The summed E-state index contributed by atoms with van der Waals surface area (Å²) in [5.74, 6) is -1.09. The predicted molar refractivity (Wildman–Crippen MR) is 72.2 cm³/mol. The zero-order valence-corrected chi connectivity index (χ0v) is 11.3. The number of rotatable bonds is 3. The van der Waals surface area contributed by atoms with Gasteiger partial charge in [0.25, 0.3) is 0 Å². The van der Waals surface area contributed by atoms with Gasteiger partial charge in [-0.25, -0.2) is 0 Å². The molecule has 0 unspecified atom stereocenters. The molecule has 98 valence electrons. The fraction of sp³-hybridized carbons (Fsp3) is 0.429. The van der Waals surface area contributed by atoms with Crippen LogP contribution in [0.2, 0.25) is 0 Å². The van der Waals surface area contributed by atoms with Crippen LogP contribution in [0.15, 0.2) is 30.3 Å². The van der Waals surface area contributed by atoms with Crippen molar-refractivity contribution < 1.29 is 9.59 Å². The second-order valence-electron chi connectivity index (χ2n) is 4.72. The molecule has 1 aromatic carbocycles. The highest BCUT2D eigenvalue weighted by Crippen LogP contribution is 2.09. The zero-order valence-electron chi connectivity index (χ0n) is 11.3. The predicted octanol–water partition coefficient (Wildman–Crippen LogP) is 2.27. The van der Waals surface area contributed by atoms with E-state index < -0.39 is 11.8 Å². The molecule has 0 aliphatic rings. The first-order chi connectivity index (χ1) is 8.43. The van der Waals surface area contributed by atoms with E-state index in [1.54, 1.807) is 17.0 Å². The smallest absolute Gasteiger partial charge is 0.313 e. The number of nitrogens with one attached hydrogen (secondary N) is 1. The average Bonchev–Trinajstić information content (AvgIpc) is 2.29. The van der Waals surface area contributed by atoms with Crippen molar-refractivity contribution in [2.24, 2.45) is 0 Å². The van der Waals surface area contributed by atoms with Crippen LogP contribution in [0.5, 0.6) is 0 Å². The van der Waals surface area contributed by atoms with Gasteiger partial charge in [0.2, 0.25) is 0 Å². The van der Waals surface area contributed by atoms with Crippen molar-refractivity contribution >= 4 is 17.5 Å². The lowest BCUT2D eigenvalue weighted by atomic mass is 10.2. The maximum absolute atomic E-state index is 12.0. The SMILES string of the molecule is CC(C)N(C(=O)C(=O)Nc1ccccc1)C(C)C. The van der Waals surface area contributed by atoms with Crippen LogP contribution in [0, 0.1) is 0 Å². The number of amides is 2. The lowest BCUT2D eigenvalue weighted by Gasteiger charge is -2.29. The number of carbonyl (C=O) groups is 2. The monoisotopic (exact) mass is 248 g/mol. The quantitative estimate of drug-likeness (QED) is 0.834. The Morgan fingerprint density at radius 2 is 1.50 bits per heavy atom. The minimum atomic E-state index is -0.594. The van der Waals surface area contributed by atoms with Crippen molar-refractivity contribution in [3.63, 3.8) is 0 Å².